The van der Waals surface area contributed by atoms with Gasteiger partial charge in [-0.3, -0.25) is 9.09 Å². The maximum Gasteiger partial charge on any atom is 0.325 e. The zero-order chi connectivity index (χ0) is 15.5. The fraction of sp³-hybridized carbons (Fsp3) is 0.500. The average molecular weight is 362 g/mol. The normalized spacial score (nSPS) is 36.6. The number of fused-ring (bicyclic) bond motifs is 2. The van der Waals surface area contributed by atoms with E-state index in [0.29, 0.717) is 11.2 Å². The second kappa shape index (κ2) is 5.69. The summed E-state index contributed by atoms with van der Waals surface area (Å²) < 4.78 is 17.6. The van der Waals surface area contributed by atoms with E-state index in [1.165, 1.54) is 12.7 Å². The predicted octanol–water partition coefficient (Wildman–Crippen LogP) is -0.539. The molecule has 2 aromatic rings. The van der Waals surface area contributed by atoms with Crippen molar-refractivity contribution in [2.24, 2.45) is 0 Å². The molecule has 2 saturated heterocycles. The van der Waals surface area contributed by atoms with Gasteiger partial charge in [0.05, 0.1) is 12.9 Å². The van der Waals surface area contributed by atoms with Crippen molar-refractivity contribution < 1.29 is 23.8 Å². The molecule has 23 heavy (non-hydrogen) atoms. The van der Waals surface area contributed by atoms with Crippen LogP contribution in [0.5, 0.6) is 0 Å². The minimum absolute atomic E-state index is 0. The van der Waals surface area contributed by atoms with Crippen molar-refractivity contribution in [3.63, 3.8) is 0 Å². The fourth-order valence-electron chi connectivity index (χ4n) is 2.62. The van der Waals surface area contributed by atoms with E-state index in [1.807, 2.05) is 0 Å². The first-order chi connectivity index (χ1) is 10.5. The molecule has 0 spiro atoms. The minimum Gasteiger partial charge on any atom is -0.386 e. The van der Waals surface area contributed by atoms with Gasteiger partial charge in [-0.05, 0) is 11.8 Å². The first-order valence-electron chi connectivity index (χ1n) is 6.38. The molecular formula is C10H15N6O5PS. The van der Waals surface area contributed by atoms with Gasteiger partial charge in [0.15, 0.2) is 17.7 Å². The molecule has 0 saturated carbocycles. The lowest BCUT2D eigenvalue weighted by molar-refractivity contribution is -0.0593. The Morgan fingerprint density at radius 3 is 2.96 bits per heavy atom. The highest BCUT2D eigenvalue weighted by atomic mass is 32.5. The number of aliphatic hydroxyl groups is 1. The van der Waals surface area contributed by atoms with Gasteiger partial charge in [0.25, 0.3) is 0 Å². The molecule has 126 valence electrons. The van der Waals surface area contributed by atoms with Gasteiger partial charge in [-0.25, -0.2) is 15.0 Å². The number of hydrogen-bond donors (Lipinski definition) is 4. The molecule has 2 aromatic heterocycles. The number of rotatable bonds is 1. The first-order valence-corrected chi connectivity index (χ1v) is 8.97. The van der Waals surface area contributed by atoms with Crippen LogP contribution in [0.3, 0.4) is 0 Å². The van der Waals surface area contributed by atoms with E-state index in [9.17, 15) is 10.00 Å². The van der Waals surface area contributed by atoms with Crippen LogP contribution in [0.4, 0.5) is 5.82 Å². The summed E-state index contributed by atoms with van der Waals surface area (Å²) in [6.07, 6.45) is -0.414. The molecule has 0 radical (unpaired) electrons. The number of ether oxygens (including phenoxy) is 1. The number of anilines is 1. The van der Waals surface area contributed by atoms with Gasteiger partial charge in [0.1, 0.15) is 30.2 Å². The van der Waals surface area contributed by atoms with Gasteiger partial charge in [-0.15, -0.1) is 0 Å². The van der Waals surface area contributed by atoms with E-state index in [2.05, 4.69) is 15.0 Å². The van der Waals surface area contributed by atoms with E-state index in [1.54, 1.807) is 4.57 Å². The molecule has 4 rings (SSSR count). The zero-order valence-electron chi connectivity index (χ0n) is 11.7. The van der Waals surface area contributed by atoms with Crippen molar-refractivity contribution in [2.45, 2.75) is 24.5 Å². The van der Waals surface area contributed by atoms with Crippen molar-refractivity contribution in [3.8, 4) is 0 Å². The molecule has 0 aromatic carbocycles. The molecule has 5 atom stereocenters. The molecule has 0 amide bonds. The number of aliphatic hydroxyl groups excluding tert-OH is 1. The highest BCUT2D eigenvalue weighted by molar-refractivity contribution is 8.07. The van der Waals surface area contributed by atoms with Crippen molar-refractivity contribution in [1.29, 1.82) is 0 Å². The molecule has 2 fully saturated rings. The van der Waals surface area contributed by atoms with Crippen LogP contribution < -0.4 is 11.9 Å². The fourth-order valence-corrected chi connectivity index (χ4v) is 4.07. The number of hydrogen-bond acceptors (Lipinski definition) is 10. The Labute approximate surface area is 135 Å². The number of nitrogens with two attached hydrogens (primary N) is 1. The summed E-state index contributed by atoms with van der Waals surface area (Å²) in [5.74, 6) is 0.235. The largest absolute Gasteiger partial charge is 0.386 e. The minimum atomic E-state index is -3.33. The van der Waals surface area contributed by atoms with Crippen LogP contribution in [0.2, 0.25) is 0 Å². The summed E-state index contributed by atoms with van der Waals surface area (Å²) in [6.45, 7) is -3.28. The lowest BCUT2D eigenvalue weighted by Gasteiger charge is -2.30. The Kier molecular flexibility index (Phi) is 4.11. The Bertz CT molecular complexity index is 788. The summed E-state index contributed by atoms with van der Waals surface area (Å²) in [5, 5.41) is 10.4. The first kappa shape index (κ1) is 16.6. The lowest BCUT2D eigenvalue weighted by atomic mass is 10.1. The zero-order valence-corrected chi connectivity index (χ0v) is 13.4. The molecule has 11 nitrogen and oxygen atoms in total. The van der Waals surface area contributed by atoms with Crippen molar-refractivity contribution >= 4 is 35.5 Å². The van der Waals surface area contributed by atoms with E-state index >= 15 is 0 Å². The number of aromatic nitrogens is 4. The second-order valence-corrected chi connectivity index (χ2v) is 7.76. The Morgan fingerprint density at radius 2 is 2.17 bits per heavy atom. The molecule has 0 aliphatic carbocycles. The molecule has 2 aliphatic heterocycles. The molecular weight excluding hydrogens is 347 g/mol. The van der Waals surface area contributed by atoms with Gasteiger partial charge < -0.3 is 31.1 Å². The van der Waals surface area contributed by atoms with E-state index in [-0.39, 0.29) is 18.6 Å². The van der Waals surface area contributed by atoms with Crippen molar-refractivity contribution in [1.82, 2.24) is 25.7 Å². The summed E-state index contributed by atoms with van der Waals surface area (Å²) in [5.41, 5.74) is 6.58. The second-order valence-electron chi connectivity index (χ2n) is 4.97. The van der Waals surface area contributed by atoms with Crippen LogP contribution >= 0.6 is 6.72 Å². The maximum atomic E-state index is 10.4. The van der Waals surface area contributed by atoms with Gasteiger partial charge >= 0.3 is 6.72 Å². The SMILES string of the molecule is N.Nc1ncnc2c1ncn2[C@@H]1O[C@@H]2COP(O)(=S)O[C@H]2[C@H]1O. The molecule has 1 unspecified atom stereocenters. The van der Waals surface area contributed by atoms with Crippen molar-refractivity contribution in [3.05, 3.63) is 12.7 Å². The molecule has 0 bridgehead atoms. The Hall–Kier alpha value is -1.24. The number of imidazole rings is 1. The van der Waals surface area contributed by atoms with E-state index in [0.717, 1.165) is 0 Å². The Balaban J connectivity index is 0.00000156. The van der Waals surface area contributed by atoms with Gasteiger partial charge in [0.2, 0.25) is 0 Å². The van der Waals surface area contributed by atoms with Crippen LogP contribution in [0.15, 0.2) is 12.7 Å². The molecule has 4 heterocycles. The predicted molar refractivity (Wildman–Crippen MR) is 82.0 cm³/mol. The smallest absolute Gasteiger partial charge is 0.325 e. The standard InChI is InChI=1S/C10H12N5O5PS.H3N/c11-8-5-9(13-2-12-8)15(3-14-5)10-6(16)7-4(19-10)1-18-21(17,22)20-7;/h2-4,6-7,10,16H,1H2,(H,17,22)(H2,11,12,13);1H3/t4-,6-,7-,10-,21?;/m1./s1. The van der Waals surface area contributed by atoms with E-state index < -0.39 is 31.3 Å². The summed E-state index contributed by atoms with van der Waals surface area (Å²) in [7, 11) is 0. The maximum absolute atomic E-state index is 10.4. The highest BCUT2D eigenvalue weighted by Gasteiger charge is 2.51. The van der Waals surface area contributed by atoms with Gasteiger partial charge in [-0.2, -0.15) is 0 Å². The number of nitrogens with zero attached hydrogens (tertiary/aromatic N) is 4. The van der Waals surface area contributed by atoms with Crippen LogP contribution in [-0.4, -0.2) is 54.4 Å². The summed E-state index contributed by atoms with van der Waals surface area (Å²) >= 11 is 4.80. The number of nitrogen functional groups attached to an aromatic ring is 1. The van der Waals surface area contributed by atoms with E-state index in [4.69, 9.17) is 31.3 Å². The van der Waals surface area contributed by atoms with Gasteiger partial charge in [-0.1, -0.05) is 0 Å². The molecule has 13 heteroatoms. The molecule has 7 N–H and O–H groups in total. The topological polar surface area (TPSA) is 173 Å². The third kappa shape index (κ3) is 2.62. The highest BCUT2D eigenvalue weighted by Crippen LogP contribution is 2.52. The summed E-state index contributed by atoms with van der Waals surface area (Å²) in [6, 6.07) is 0. The van der Waals surface area contributed by atoms with Crippen molar-refractivity contribution in [2.75, 3.05) is 12.3 Å². The van der Waals surface area contributed by atoms with Gasteiger partial charge in [0, 0.05) is 0 Å². The average Bonchev–Trinajstić information content (AvgIpc) is 3.01. The summed E-state index contributed by atoms with van der Waals surface area (Å²) in [4.78, 5) is 21.8. The third-order valence-corrected chi connectivity index (χ3v) is 5.19. The lowest BCUT2D eigenvalue weighted by Crippen LogP contribution is -2.39. The monoisotopic (exact) mass is 362 g/mol. The van der Waals surface area contributed by atoms with Crippen LogP contribution in [0.25, 0.3) is 11.2 Å². The van der Waals surface area contributed by atoms with Crippen LogP contribution in [0, 0.1) is 0 Å². The Morgan fingerprint density at radius 1 is 1.39 bits per heavy atom. The van der Waals surface area contributed by atoms with Crippen LogP contribution in [-0.2, 0) is 25.6 Å². The van der Waals surface area contributed by atoms with Crippen LogP contribution in [0.1, 0.15) is 6.23 Å². The third-order valence-electron chi connectivity index (χ3n) is 3.63. The molecule has 2 aliphatic rings. The quantitative estimate of drug-likeness (QED) is 0.480.